The van der Waals surface area contributed by atoms with Crippen LogP contribution in [0.2, 0.25) is 0 Å². The van der Waals surface area contributed by atoms with Crippen LogP contribution in [0.25, 0.3) is 0 Å². The van der Waals surface area contributed by atoms with Crippen LogP contribution < -0.4 is 5.73 Å². The number of carboxylic acids is 1. The van der Waals surface area contributed by atoms with Gasteiger partial charge in [0.05, 0.1) is 5.56 Å². The molecule has 0 spiro atoms. The highest BCUT2D eigenvalue weighted by molar-refractivity contribution is 5.74. The van der Waals surface area contributed by atoms with Crippen molar-refractivity contribution in [1.29, 1.82) is 0 Å². The lowest BCUT2D eigenvalue weighted by atomic mass is 10.1. The van der Waals surface area contributed by atoms with E-state index in [0.29, 0.717) is 0 Å². The number of halogens is 4. The molecule has 0 bridgehead atoms. The number of aliphatic carboxylic acids is 1. The Labute approximate surface area is 106 Å². The minimum atomic E-state index is -4.46. The molecule has 0 heterocycles. The minimum absolute atomic E-state index is 0.133. The van der Waals surface area contributed by atoms with Gasteiger partial charge in [0.25, 0.3) is 0 Å². The fraction of sp³-hybridized carbons (Fsp3) is 0.250. The van der Waals surface area contributed by atoms with Crippen LogP contribution in [0.4, 0.5) is 17.6 Å². The van der Waals surface area contributed by atoms with Gasteiger partial charge < -0.3 is 10.8 Å². The van der Waals surface area contributed by atoms with Crippen molar-refractivity contribution in [2.45, 2.75) is 18.4 Å². The van der Waals surface area contributed by atoms with E-state index in [2.05, 4.69) is 5.92 Å². The average molecular weight is 275 g/mol. The first-order chi connectivity index (χ1) is 8.71. The van der Waals surface area contributed by atoms with E-state index >= 15 is 0 Å². The molecule has 1 aromatic carbocycles. The first-order valence-corrected chi connectivity index (χ1v) is 5.03. The molecule has 0 amide bonds. The summed E-state index contributed by atoms with van der Waals surface area (Å²) in [5, 5.41) is 8.42. The number of carbonyl (C=O) groups is 1. The van der Waals surface area contributed by atoms with Crippen molar-refractivity contribution in [3.05, 3.63) is 35.4 Å². The van der Waals surface area contributed by atoms with Crippen molar-refractivity contribution in [3.63, 3.8) is 0 Å². The van der Waals surface area contributed by atoms with Crippen LogP contribution in [0.3, 0.4) is 0 Å². The molecule has 0 aliphatic heterocycles. The van der Waals surface area contributed by atoms with E-state index in [9.17, 15) is 22.4 Å². The van der Waals surface area contributed by atoms with Gasteiger partial charge in [-0.3, -0.25) is 4.79 Å². The second-order valence-corrected chi connectivity index (χ2v) is 3.61. The summed E-state index contributed by atoms with van der Waals surface area (Å²) in [6.45, 7) is 0. The maximum absolute atomic E-state index is 13.1. The van der Waals surface area contributed by atoms with E-state index in [-0.39, 0.29) is 5.56 Å². The van der Waals surface area contributed by atoms with Gasteiger partial charge >= 0.3 is 12.1 Å². The van der Waals surface area contributed by atoms with Crippen molar-refractivity contribution < 1.29 is 27.5 Å². The van der Waals surface area contributed by atoms with E-state index in [1.807, 2.05) is 5.92 Å². The predicted octanol–water partition coefficient (Wildman–Crippen LogP) is 1.81. The Bertz CT molecular complexity index is 513. The Kier molecular flexibility index (Phi) is 4.51. The van der Waals surface area contributed by atoms with E-state index in [1.54, 1.807) is 0 Å². The van der Waals surface area contributed by atoms with E-state index < -0.39 is 29.9 Å². The summed E-state index contributed by atoms with van der Waals surface area (Å²) < 4.78 is 49.9. The summed E-state index contributed by atoms with van der Waals surface area (Å²) in [7, 11) is 0. The molecular weight excluding hydrogens is 266 g/mol. The normalized spacial score (nSPS) is 14.2. The SMILES string of the molecule is NC(C(=O)O)C(F)C#Cc1ccc(C(F)(F)F)cc1. The number of nitrogens with two attached hydrogens (primary N) is 1. The monoisotopic (exact) mass is 275 g/mol. The summed E-state index contributed by atoms with van der Waals surface area (Å²) in [6, 6.07) is 1.94. The molecule has 0 aliphatic rings. The zero-order chi connectivity index (χ0) is 14.6. The van der Waals surface area contributed by atoms with E-state index in [1.165, 1.54) is 0 Å². The molecule has 0 radical (unpaired) electrons. The predicted molar refractivity (Wildman–Crippen MR) is 58.8 cm³/mol. The molecular formula is C12H9F4NO2. The number of hydrogen-bond acceptors (Lipinski definition) is 2. The Morgan fingerprint density at radius 3 is 2.21 bits per heavy atom. The highest BCUT2D eigenvalue weighted by atomic mass is 19.4. The Morgan fingerprint density at radius 2 is 1.79 bits per heavy atom. The molecule has 0 aliphatic carbocycles. The molecule has 0 saturated carbocycles. The quantitative estimate of drug-likeness (QED) is 0.639. The van der Waals surface area contributed by atoms with Gasteiger partial charge in [0.1, 0.15) is 6.04 Å². The Balaban J connectivity index is 2.82. The third-order valence-electron chi connectivity index (χ3n) is 2.17. The van der Waals surface area contributed by atoms with Crippen LogP contribution in [0, 0.1) is 11.8 Å². The molecule has 1 aromatic rings. The number of benzene rings is 1. The lowest BCUT2D eigenvalue weighted by Crippen LogP contribution is -2.38. The van der Waals surface area contributed by atoms with Crippen LogP contribution >= 0.6 is 0 Å². The summed E-state index contributed by atoms with van der Waals surface area (Å²) in [4.78, 5) is 10.3. The largest absolute Gasteiger partial charge is 0.480 e. The van der Waals surface area contributed by atoms with Gasteiger partial charge in [-0.1, -0.05) is 11.8 Å². The number of carboxylic acid groups (broad SMARTS) is 1. The maximum Gasteiger partial charge on any atom is 0.416 e. The first-order valence-electron chi connectivity index (χ1n) is 5.03. The Hall–Kier alpha value is -2.07. The summed E-state index contributed by atoms with van der Waals surface area (Å²) in [5.74, 6) is 2.61. The van der Waals surface area contributed by atoms with Crippen LogP contribution in [-0.2, 0) is 11.0 Å². The summed E-state index contributed by atoms with van der Waals surface area (Å²) in [5.41, 5.74) is 4.26. The number of rotatable bonds is 2. The van der Waals surface area contributed by atoms with E-state index in [4.69, 9.17) is 10.8 Å². The molecule has 3 nitrogen and oxygen atoms in total. The lowest BCUT2D eigenvalue weighted by molar-refractivity contribution is -0.139. The fourth-order valence-corrected chi connectivity index (χ4v) is 1.11. The second-order valence-electron chi connectivity index (χ2n) is 3.61. The minimum Gasteiger partial charge on any atom is -0.480 e. The molecule has 0 saturated heterocycles. The lowest BCUT2D eigenvalue weighted by Gasteiger charge is -2.06. The third-order valence-corrected chi connectivity index (χ3v) is 2.17. The van der Waals surface area contributed by atoms with Crippen molar-refractivity contribution in [2.24, 2.45) is 5.73 Å². The zero-order valence-corrected chi connectivity index (χ0v) is 9.41. The van der Waals surface area contributed by atoms with Gasteiger partial charge in [-0.25, -0.2) is 4.39 Å². The van der Waals surface area contributed by atoms with Gasteiger partial charge in [-0.2, -0.15) is 13.2 Å². The highest BCUT2D eigenvalue weighted by Crippen LogP contribution is 2.28. The number of alkyl halides is 4. The maximum atomic E-state index is 13.1. The molecule has 7 heteroatoms. The first kappa shape index (κ1) is 15.0. The molecule has 19 heavy (non-hydrogen) atoms. The molecule has 102 valence electrons. The van der Waals surface area contributed by atoms with Gasteiger partial charge in [-0.15, -0.1) is 0 Å². The molecule has 0 fully saturated rings. The van der Waals surface area contributed by atoms with Crippen LogP contribution in [0.1, 0.15) is 11.1 Å². The van der Waals surface area contributed by atoms with Crippen molar-refractivity contribution in [3.8, 4) is 11.8 Å². The molecule has 1 rings (SSSR count). The van der Waals surface area contributed by atoms with Crippen molar-refractivity contribution in [1.82, 2.24) is 0 Å². The molecule has 2 atom stereocenters. The van der Waals surface area contributed by atoms with E-state index in [0.717, 1.165) is 24.3 Å². The second kappa shape index (κ2) is 5.71. The zero-order valence-electron chi connectivity index (χ0n) is 9.41. The summed E-state index contributed by atoms with van der Waals surface area (Å²) >= 11 is 0. The van der Waals surface area contributed by atoms with Crippen molar-refractivity contribution in [2.75, 3.05) is 0 Å². The summed E-state index contributed by atoms with van der Waals surface area (Å²) in [6.07, 6.45) is -6.56. The van der Waals surface area contributed by atoms with Crippen LogP contribution in [-0.4, -0.2) is 23.3 Å². The van der Waals surface area contributed by atoms with Gasteiger partial charge in [0.2, 0.25) is 0 Å². The topological polar surface area (TPSA) is 63.3 Å². The smallest absolute Gasteiger partial charge is 0.416 e. The van der Waals surface area contributed by atoms with Gasteiger partial charge in [-0.05, 0) is 24.3 Å². The van der Waals surface area contributed by atoms with Gasteiger partial charge in [0, 0.05) is 5.56 Å². The van der Waals surface area contributed by atoms with Crippen molar-refractivity contribution >= 4 is 5.97 Å². The molecule has 0 aromatic heterocycles. The standard InChI is InChI=1S/C12H9F4NO2/c13-9(10(17)11(18)19)6-3-7-1-4-8(5-2-7)12(14,15)16/h1-2,4-5,9-10H,17H2,(H,18,19). The third kappa shape index (κ3) is 4.26. The molecule has 3 N–H and O–H groups in total. The Morgan fingerprint density at radius 1 is 1.26 bits per heavy atom. The fourth-order valence-electron chi connectivity index (χ4n) is 1.11. The van der Waals surface area contributed by atoms with Crippen LogP contribution in [0.5, 0.6) is 0 Å². The molecule has 2 unspecified atom stereocenters. The van der Waals surface area contributed by atoms with Crippen LogP contribution in [0.15, 0.2) is 24.3 Å². The highest BCUT2D eigenvalue weighted by Gasteiger charge is 2.29. The number of hydrogen-bond donors (Lipinski definition) is 2. The average Bonchev–Trinajstić information content (AvgIpc) is 2.34. The van der Waals surface area contributed by atoms with Gasteiger partial charge in [0.15, 0.2) is 6.17 Å².